The molecule has 5 nitrogen and oxygen atoms in total. The van der Waals surface area contributed by atoms with E-state index in [9.17, 15) is 0 Å². The first-order valence-corrected chi connectivity index (χ1v) is 27.4. The average molecular weight is 473 g/mol. The van der Waals surface area contributed by atoms with Crippen molar-refractivity contribution in [3.8, 4) is 0 Å². The molecule has 0 amide bonds. The Morgan fingerprint density at radius 1 is 0.423 bits per heavy atom. The number of rotatable bonds is 11. The van der Waals surface area contributed by atoms with Crippen LogP contribution in [0.1, 0.15) is 6.92 Å². The van der Waals surface area contributed by atoms with Gasteiger partial charge in [0.2, 0.25) is 0 Å². The van der Waals surface area contributed by atoms with Gasteiger partial charge in [0, 0.05) is 6.04 Å². The monoisotopic (exact) mass is 472 g/mol. The Kier molecular flexibility index (Phi) is 9.23. The van der Waals surface area contributed by atoms with Gasteiger partial charge in [-0.1, -0.05) is 6.92 Å². The largest absolute Gasteiger partial charge is 0.472 e. The minimum absolute atomic E-state index is 0.744. The lowest BCUT2D eigenvalue weighted by Gasteiger charge is -2.45. The van der Waals surface area contributed by atoms with Crippen molar-refractivity contribution in [1.29, 1.82) is 0 Å². The fourth-order valence-corrected chi connectivity index (χ4v) is 29.0. The Labute approximate surface area is 169 Å². The molecule has 158 valence electrons. The summed E-state index contributed by atoms with van der Waals surface area (Å²) in [6.07, 6.45) is 0. The Morgan fingerprint density at radius 3 is 0.885 bits per heavy atom. The second-order valence-electron chi connectivity index (χ2n) is 10.7. The standard InChI is InChI=1S/C15H44O5Si6/c1-15-26(18-23(8,9)10,19-24(11,12)16-21(2,3)4)20-25(13,14)17-22(5,6)7/h15H2,1-14H3. The van der Waals surface area contributed by atoms with Gasteiger partial charge >= 0.3 is 25.9 Å². The van der Waals surface area contributed by atoms with Crippen molar-refractivity contribution in [3.63, 3.8) is 0 Å². The molecule has 0 aliphatic carbocycles. The molecule has 0 heterocycles. The minimum Gasteiger partial charge on any atom is -0.437 e. The van der Waals surface area contributed by atoms with E-state index in [2.05, 4.69) is 92.0 Å². The first-order valence-electron chi connectivity index (χ1n) is 9.60. The zero-order valence-corrected chi connectivity index (χ0v) is 25.7. The molecule has 0 saturated heterocycles. The highest BCUT2D eigenvalue weighted by molar-refractivity contribution is 6.92. The molecule has 26 heavy (non-hydrogen) atoms. The molecule has 0 N–H and O–H groups in total. The van der Waals surface area contributed by atoms with Crippen LogP contribution in [0.4, 0.5) is 0 Å². The van der Waals surface area contributed by atoms with Gasteiger partial charge in [-0.25, -0.2) is 0 Å². The van der Waals surface area contributed by atoms with Crippen LogP contribution in [0.2, 0.25) is 91.2 Å². The third kappa shape index (κ3) is 12.5. The molecule has 0 bridgehead atoms. The summed E-state index contributed by atoms with van der Waals surface area (Å²) >= 11 is 0. The van der Waals surface area contributed by atoms with Crippen molar-refractivity contribution in [2.45, 2.75) is 98.1 Å². The normalized spacial score (nSPS) is 15.5. The van der Waals surface area contributed by atoms with Crippen molar-refractivity contribution in [3.05, 3.63) is 0 Å². The summed E-state index contributed by atoms with van der Waals surface area (Å²) in [5.41, 5.74) is 0. The molecule has 0 fully saturated rings. The molecule has 0 aromatic carbocycles. The molecule has 0 aromatic heterocycles. The summed E-state index contributed by atoms with van der Waals surface area (Å²) < 4.78 is 33.0. The lowest BCUT2D eigenvalue weighted by atomic mass is 11.0. The average Bonchev–Trinajstić information content (AvgIpc) is 2.16. The van der Waals surface area contributed by atoms with Crippen LogP contribution in [-0.4, -0.2) is 50.9 Å². The smallest absolute Gasteiger partial charge is 0.437 e. The molecule has 0 aromatic rings. The molecule has 11 heteroatoms. The Bertz CT molecular complexity index is 421. The van der Waals surface area contributed by atoms with E-state index in [1.165, 1.54) is 0 Å². The lowest BCUT2D eigenvalue weighted by molar-refractivity contribution is 0.209. The highest BCUT2D eigenvalue weighted by atomic mass is 28.5. The summed E-state index contributed by atoms with van der Waals surface area (Å²) in [4.78, 5) is 0. The van der Waals surface area contributed by atoms with E-state index in [0.717, 1.165) is 6.04 Å². The SMILES string of the molecule is CC[Si](O[Si](C)(C)C)(O[Si](C)(C)O[Si](C)(C)C)O[Si](C)(C)O[Si](C)(C)C. The van der Waals surface area contributed by atoms with Crippen molar-refractivity contribution < 1.29 is 20.6 Å². The predicted molar refractivity (Wildman–Crippen MR) is 127 cm³/mol. The van der Waals surface area contributed by atoms with E-state index in [1.54, 1.807) is 0 Å². The maximum atomic E-state index is 6.73. The zero-order chi connectivity index (χ0) is 21.2. The fraction of sp³-hybridized carbons (Fsp3) is 1.00. The summed E-state index contributed by atoms with van der Waals surface area (Å²) in [5, 5.41) is 0. The van der Waals surface area contributed by atoms with Crippen molar-refractivity contribution in [1.82, 2.24) is 0 Å². The molecule has 0 aliphatic heterocycles. The van der Waals surface area contributed by atoms with Crippen molar-refractivity contribution >= 4 is 50.9 Å². The van der Waals surface area contributed by atoms with E-state index in [0.29, 0.717) is 0 Å². The maximum absolute atomic E-state index is 6.73. The van der Waals surface area contributed by atoms with Crippen LogP contribution >= 0.6 is 0 Å². The molecule has 0 radical (unpaired) electrons. The van der Waals surface area contributed by atoms with Gasteiger partial charge < -0.3 is 20.6 Å². The first kappa shape index (κ1) is 27.1. The topological polar surface area (TPSA) is 46.2 Å². The Hall–Kier alpha value is 1.10. The molecule has 0 saturated carbocycles. The highest BCUT2D eigenvalue weighted by Crippen LogP contribution is 2.31. The van der Waals surface area contributed by atoms with Crippen LogP contribution in [0.25, 0.3) is 0 Å². The minimum atomic E-state index is -2.90. The van der Waals surface area contributed by atoms with Gasteiger partial charge in [0.1, 0.15) is 0 Å². The van der Waals surface area contributed by atoms with E-state index < -0.39 is 50.9 Å². The van der Waals surface area contributed by atoms with Crippen LogP contribution < -0.4 is 0 Å². The summed E-state index contributed by atoms with van der Waals surface area (Å²) in [7, 11) is -12.9. The van der Waals surface area contributed by atoms with Crippen LogP contribution in [-0.2, 0) is 20.6 Å². The second kappa shape index (κ2) is 8.85. The second-order valence-corrected chi connectivity index (χ2v) is 35.1. The van der Waals surface area contributed by atoms with E-state index in [1.807, 2.05) is 0 Å². The molecule has 0 aliphatic rings. The quantitative estimate of drug-likeness (QED) is 0.348. The first-order chi connectivity index (χ1) is 11.1. The van der Waals surface area contributed by atoms with Gasteiger partial charge in [0.05, 0.1) is 0 Å². The molecule has 0 spiro atoms. The summed E-state index contributed by atoms with van der Waals surface area (Å²) in [6, 6.07) is 0.744. The van der Waals surface area contributed by atoms with Crippen LogP contribution in [0.15, 0.2) is 0 Å². The Morgan fingerprint density at radius 2 is 0.692 bits per heavy atom. The highest BCUT2D eigenvalue weighted by Gasteiger charge is 2.53. The van der Waals surface area contributed by atoms with Gasteiger partial charge in [0.25, 0.3) is 0 Å². The van der Waals surface area contributed by atoms with Gasteiger partial charge in [-0.3, -0.25) is 0 Å². The predicted octanol–water partition coefficient (Wildman–Crippen LogP) is 5.94. The van der Waals surface area contributed by atoms with Gasteiger partial charge in [0.15, 0.2) is 25.0 Å². The number of hydrogen-bond acceptors (Lipinski definition) is 5. The molecule has 0 unspecified atom stereocenters. The molecule has 0 rings (SSSR count). The third-order valence-corrected chi connectivity index (χ3v) is 22.6. The van der Waals surface area contributed by atoms with Crippen molar-refractivity contribution in [2.75, 3.05) is 0 Å². The molecule has 0 atom stereocenters. The lowest BCUT2D eigenvalue weighted by Crippen LogP contribution is -2.64. The maximum Gasteiger partial charge on any atom is 0.472 e. The van der Waals surface area contributed by atoms with Crippen LogP contribution in [0, 0.1) is 0 Å². The summed E-state index contributed by atoms with van der Waals surface area (Å²) in [6.45, 7) is 30.4. The molecular formula is C15H44O5Si6. The Balaban J connectivity index is 5.75. The van der Waals surface area contributed by atoms with E-state index in [4.69, 9.17) is 20.6 Å². The van der Waals surface area contributed by atoms with E-state index in [-0.39, 0.29) is 0 Å². The van der Waals surface area contributed by atoms with Gasteiger partial charge in [-0.2, -0.15) is 0 Å². The van der Waals surface area contributed by atoms with Gasteiger partial charge in [-0.05, 0) is 85.1 Å². The van der Waals surface area contributed by atoms with Crippen LogP contribution in [0.3, 0.4) is 0 Å². The van der Waals surface area contributed by atoms with Gasteiger partial charge in [-0.15, -0.1) is 0 Å². The zero-order valence-electron chi connectivity index (χ0n) is 19.7. The van der Waals surface area contributed by atoms with Crippen LogP contribution in [0.5, 0.6) is 0 Å². The fourth-order valence-electron chi connectivity index (χ4n) is 3.01. The van der Waals surface area contributed by atoms with E-state index >= 15 is 0 Å². The third-order valence-electron chi connectivity index (χ3n) is 2.80. The number of hydrogen-bond donors (Lipinski definition) is 0. The summed E-state index contributed by atoms with van der Waals surface area (Å²) in [5.74, 6) is 0. The van der Waals surface area contributed by atoms with Crippen molar-refractivity contribution in [2.24, 2.45) is 0 Å². The molecular weight excluding hydrogens is 429 g/mol.